The summed E-state index contributed by atoms with van der Waals surface area (Å²) in [6, 6.07) is 0.802. The van der Waals surface area contributed by atoms with Crippen LogP contribution in [0.15, 0.2) is 22.6 Å². The van der Waals surface area contributed by atoms with Gasteiger partial charge in [0.15, 0.2) is 0 Å². The Kier molecular flexibility index (Phi) is 4.74. The van der Waals surface area contributed by atoms with Gasteiger partial charge in [0, 0.05) is 12.6 Å². The van der Waals surface area contributed by atoms with Crippen molar-refractivity contribution in [1.82, 2.24) is 4.98 Å². The number of oxime groups is 2. The van der Waals surface area contributed by atoms with E-state index in [0.717, 1.165) is 6.07 Å². The summed E-state index contributed by atoms with van der Waals surface area (Å²) in [5, 5.41) is 18.1. The van der Waals surface area contributed by atoms with Gasteiger partial charge in [-0.3, -0.25) is 0 Å². The quantitative estimate of drug-likeness (QED) is 0.503. The first kappa shape index (κ1) is 16.3. The van der Waals surface area contributed by atoms with E-state index in [0.29, 0.717) is 24.0 Å². The van der Waals surface area contributed by atoms with Crippen LogP contribution >= 0.6 is 11.6 Å². The molecule has 6 nitrogen and oxygen atoms in total. The molecule has 1 aromatic rings. The summed E-state index contributed by atoms with van der Waals surface area (Å²) in [4.78, 5) is 8.77. The highest BCUT2D eigenvalue weighted by molar-refractivity contribution is 6.41. The van der Waals surface area contributed by atoms with Gasteiger partial charge in [0.25, 0.3) is 0 Å². The summed E-state index contributed by atoms with van der Waals surface area (Å²) < 4.78 is 37.5. The number of alkyl halides is 3. The van der Waals surface area contributed by atoms with Crippen LogP contribution in [-0.2, 0) is 11.0 Å². The van der Waals surface area contributed by atoms with E-state index in [1.54, 1.807) is 6.92 Å². The maximum absolute atomic E-state index is 12.5. The second-order valence-corrected chi connectivity index (χ2v) is 5.00. The van der Waals surface area contributed by atoms with Crippen molar-refractivity contribution in [1.29, 1.82) is 0 Å². The molecule has 0 fully saturated rings. The molecule has 1 aliphatic rings. The molecule has 2 rings (SSSR count). The summed E-state index contributed by atoms with van der Waals surface area (Å²) in [5.41, 5.74) is -0.0745. The van der Waals surface area contributed by atoms with Gasteiger partial charge < -0.3 is 15.4 Å². The molecule has 0 radical (unpaired) electrons. The zero-order chi connectivity index (χ0) is 16.3. The molecule has 0 bridgehead atoms. The largest absolute Gasteiger partial charge is 0.417 e. The average Bonchev–Trinajstić information content (AvgIpc) is 2.93. The highest BCUT2D eigenvalue weighted by Crippen LogP contribution is 2.32. The second-order valence-electron chi connectivity index (χ2n) is 4.59. The maximum atomic E-state index is 12.5. The number of rotatable bonds is 4. The highest BCUT2D eigenvalue weighted by Gasteiger charge is 2.31. The summed E-state index contributed by atoms with van der Waals surface area (Å²) in [6.45, 7) is 1.82. The van der Waals surface area contributed by atoms with Gasteiger partial charge in [-0.25, -0.2) is 4.98 Å². The van der Waals surface area contributed by atoms with Crippen LogP contribution in [0.4, 0.5) is 19.0 Å². The topological polar surface area (TPSA) is 79.1 Å². The van der Waals surface area contributed by atoms with Crippen molar-refractivity contribution in [2.75, 3.05) is 11.9 Å². The lowest BCUT2D eigenvalue weighted by atomic mass is 10.1. The van der Waals surface area contributed by atoms with Crippen LogP contribution < -0.4 is 5.32 Å². The first-order valence-corrected chi connectivity index (χ1v) is 6.57. The predicted molar refractivity (Wildman–Crippen MR) is 74.6 cm³/mol. The minimum atomic E-state index is -4.49. The predicted octanol–water partition coefficient (Wildman–Crippen LogP) is 3.16. The molecule has 22 heavy (non-hydrogen) atoms. The Bertz CT molecular complexity index is 619. The number of nitrogens with zero attached hydrogens (tertiary/aromatic N) is 3. The molecule has 0 unspecified atom stereocenters. The molecule has 0 spiro atoms. The molecule has 120 valence electrons. The lowest BCUT2D eigenvalue weighted by Crippen LogP contribution is -2.22. The van der Waals surface area contributed by atoms with E-state index >= 15 is 0 Å². The number of halogens is 4. The van der Waals surface area contributed by atoms with Crippen molar-refractivity contribution in [3.63, 3.8) is 0 Å². The van der Waals surface area contributed by atoms with Gasteiger partial charge in [0.05, 0.1) is 17.1 Å². The minimum Gasteiger partial charge on any atom is -0.411 e. The molecule has 2 N–H and O–H groups in total. The van der Waals surface area contributed by atoms with Crippen molar-refractivity contribution in [2.45, 2.75) is 25.6 Å². The van der Waals surface area contributed by atoms with Crippen molar-refractivity contribution < 1.29 is 23.2 Å². The average molecular weight is 337 g/mol. The Morgan fingerprint density at radius 3 is 2.91 bits per heavy atom. The number of hydrogen-bond acceptors (Lipinski definition) is 6. The fourth-order valence-electron chi connectivity index (χ4n) is 1.74. The van der Waals surface area contributed by atoms with Crippen LogP contribution in [0.25, 0.3) is 0 Å². The zero-order valence-corrected chi connectivity index (χ0v) is 12.1. The zero-order valence-electron chi connectivity index (χ0n) is 11.4. The van der Waals surface area contributed by atoms with Gasteiger partial charge in [-0.15, -0.1) is 0 Å². The summed E-state index contributed by atoms with van der Waals surface area (Å²) in [5.74, 6) is 0.124. The van der Waals surface area contributed by atoms with Gasteiger partial charge in [0.1, 0.15) is 23.3 Å². The number of nitrogens with one attached hydrogen (secondary N) is 1. The van der Waals surface area contributed by atoms with E-state index in [4.69, 9.17) is 21.6 Å². The summed E-state index contributed by atoms with van der Waals surface area (Å²) in [7, 11) is 0. The minimum absolute atomic E-state index is 0.124. The Morgan fingerprint density at radius 2 is 2.32 bits per heavy atom. The molecule has 0 saturated carbocycles. The normalized spacial score (nSPS) is 18.9. The Balaban J connectivity index is 1.94. The number of anilines is 1. The van der Waals surface area contributed by atoms with E-state index in [-0.39, 0.29) is 23.5 Å². The third-order valence-corrected chi connectivity index (χ3v) is 3.25. The van der Waals surface area contributed by atoms with Crippen molar-refractivity contribution >= 4 is 28.8 Å². The molecule has 0 aromatic carbocycles. The lowest BCUT2D eigenvalue weighted by Gasteiger charge is -2.13. The van der Waals surface area contributed by atoms with E-state index in [1.165, 1.54) is 0 Å². The monoisotopic (exact) mass is 336 g/mol. The van der Waals surface area contributed by atoms with E-state index < -0.39 is 11.7 Å². The van der Waals surface area contributed by atoms with Gasteiger partial charge in [0.2, 0.25) is 0 Å². The molecule has 10 heteroatoms. The van der Waals surface area contributed by atoms with Gasteiger partial charge in [-0.2, -0.15) is 13.2 Å². The maximum Gasteiger partial charge on any atom is 0.417 e. The summed E-state index contributed by atoms with van der Waals surface area (Å²) >= 11 is 5.78. The van der Waals surface area contributed by atoms with E-state index in [9.17, 15) is 13.2 Å². The fourth-order valence-corrected chi connectivity index (χ4v) is 1.98. The van der Waals surface area contributed by atoms with Crippen molar-refractivity contribution in [3.8, 4) is 0 Å². The van der Waals surface area contributed by atoms with Gasteiger partial charge in [-0.1, -0.05) is 21.9 Å². The molecule has 1 atom stereocenters. The van der Waals surface area contributed by atoms with E-state index in [2.05, 4.69) is 20.6 Å². The van der Waals surface area contributed by atoms with Gasteiger partial charge >= 0.3 is 6.18 Å². The highest BCUT2D eigenvalue weighted by atomic mass is 35.5. The van der Waals surface area contributed by atoms with Crippen molar-refractivity contribution in [2.24, 2.45) is 10.3 Å². The smallest absolute Gasteiger partial charge is 0.411 e. The molecule has 0 saturated heterocycles. The second kappa shape index (κ2) is 6.39. The summed E-state index contributed by atoms with van der Waals surface area (Å²) in [6.07, 6.45) is -3.74. The number of pyridine rings is 1. The molecule has 0 amide bonds. The Labute approximate surface area is 128 Å². The van der Waals surface area contributed by atoms with Crippen LogP contribution in [0.1, 0.15) is 18.9 Å². The van der Waals surface area contributed by atoms with E-state index in [1.807, 2.05) is 0 Å². The molecule has 2 heterocycles. The first-order chi connectivity index (χ1) is 10.3. The van der Waals surface area contributed by atoms with Gasteiger partial charge in [-0.05, 0) is 13.0 Å². The first-order valence-electron chi connectivity index (χ1n) is 6.19. The Hall–Kier alpha value is -2.03. The van der Waals surface area contributed by atoms with Crippen LogP contribution in [0.2, 0.25) is 5.02 Å². The molecule has 1 aromatic heterocycles. The fraction of sp³-hybridized carbons (Fsp3) is 0.417. The molecule has 1 aliphatic heterocycles. The molecule has 0 aliphatic carbocycles. The lowest BCUT2D eigenvalue weighted by molar-refractivity contribution is -0.137. The van der Waals surface area contributed by atoms with Crippen LogP contribution in [0.5, 0.6) is 0 Å². The molecular weight excluding hydrogens is 325 g/mol. The third-order valence-electron chi connectivity index (χ3n) is 2.97. The SMILES string of the molecule is C/C(=N\O)C1=NO[C@H](CNc2ncc(C(F)(F)F)cc2Cl)C1. The van der Waals surface area contributed by atoms with Crippen molar-refractivity contribution in [3.05, 3.63) is 22.8 Å². The standard InChI is InChI=1S/C12H12ClF3N4O2/c1-6(19-21)10-3-8(22-20-10)5-18-11-9(13)2-7(4-17-11)12(14,15)16/h2,4,8,21H,3,5H2,1H3,(H,17,18)/b19-6+/t8-/m0/s1. The Morgan fingerprint density at radius 1 is 1.59 bits per heavy atom. The van der Waals surface area contributed by atoms with Crippen LogP contribution in [0, 0.1) is 0 Å². The van der Waals surface area contributed by atoms with Crippen LogP contribution in [0.3, 0.4) is 0 Å². The number of aromatic nitrogens is 1. The third kappa shape index (κ3) is 3.79. The number of hydrogen-bond donors (Lipinski definition) is 2. The van der Waals surface area contributed by atoms with Crippen LogP contribution in [-0.4, -0.2) is 34.3 Å². The molecular formula is C12H12ClF3N4O2.